The molecule has 2 unspecified atom stereocenters. The number of nitrogens with one attached hydrogen (secondary N) is 2. The third-order valence-electron chi connectivity index (χ3n) is 8.15. The molecule has 226 valence electrons. The van der Waals surface area contributed by atoms with Crippen LogP contribution in [0.5, 0.6) is 11.8 Å². The molecular weight excluding hydrogens is 568 g/mol. The van der Waals surface area contributed by atoms with Crippen molar-refractivity contribution >= 4 is 17.5 Å². The number of halogens is 4. The van der Waals surface area contributed by atoms with Gasteiger partial charge in [-0.05, 0) is 68.5 Å². The van der Waals surface area contributed by atoms with Gasteiger partial charge in [0.15, 0.2) is 0 Å². The van der Waals surface area contributed by atoms with Crippen molar-refractivity contribution < 1.29 is 36.6 Å². The van der Waals surface area contributed by atoms with Gasteiger partial charge in [-0.15, -0.1) is 0 Å². The summed E-state index contributed by atoms with van der Waals surface area (Å²) in [6.45, 7) is 3.89. The number of carbonyl (C=O) groups excluding carboxylic acids is 2. The van der Waals surface area contributed by atoms with Crippen LogP contribution in [0.2, 0.25) is 0 Å². The van der Waals surface area contributed by atoms with Crippen LogP contribution < -0.4 is 20.1 Å². The summed E-state index contributed by atoms with van der Waals surface area (Å²) in [6, 6.07) is 6.95. The van der Waals surface area contributed by atoms with E-state index in [0.29, 0.717) is 35.4 Å². The van der Waals surface area contributed by atoms with Crippen LogP contribution in [0.25, 0.3) is 11.1 Å². The largest absolute Gasteiger partial charge is 0.496 e. The van der Waals surface area contributed by atoms with Crippen molar-refractivity contribution in [3.8, 4) is 22.9 Å². The molecule has 2 saturated carbocycles. The molecule has 1 heterocycles. The van der Waals surface area contributed by atoms with Gasteiger partial charge < -0.3 is 20.1 Å². The highest BCUT2D eigenvalue weighted by Crippen LogP contribution is 2.54. The molecule has 5 rings (SSSR count). The van der Waals surface area contributed by atoms with Gasteiger partial charge in [0, 0.05) is 35.6 Å². The Morgan fingerprint density at radius 2 is 1.63 bits per heavy atom. The van der Waals surface area contributed by atoms with E-state index in [1.165, 1.54) is 14.2 Å². The Morgan fingerprint density at radius 1 is 0.930 bits per heavy atom. The first-order valence-electron chi connectivity index (χ1n) is 13.6. The summed E-state index contributed by atoms with van der Waals surface area (Å²) in [5, 5.41) is 5.58. The Labute approximate surface area is 245 Å². The second-order valence-corrected chi connectivity index (χ2v) is 10.8. The van der Waals surface area contributed by atoms with E-state index < -0.39 is 41.3 Å². The molecule has 1 aromatic heterocycles. The average molecular weight is 599 g/mol. The molecule has 12 heteroatoms. The highest BCUT2D eigenvalue weighted by atomic mass is 19.4. The predicted octanol–water partition coefficient (Wildman–Crippen LogP) is 6.05. The number of anilines is 1. The first-order chi connectivity index (χ1) is 20.4. The van der Waals surface area contributed by atoms with Crippen molar-refractivity contribution in [2.75, 3.05) is 19.5 Å². The number of hydrogen-bond acceptors (Lipinski definition) is 6. The molecule has 0 spiro atoms. The molecule has 2 bridgehead atoms. The van der Waals surface area contributed by atoms with E-state index in [2.05, 4.69) is 20.6 Å². The maximum absolute atomic E-state index is 13.9. The molecule has 2 N–H and O–H groups in total. The minimum absolute atomic E-state index is 0.127. The number of fused-ring (bicyclic) bond motifs is 2. The normalized spacial score (nSPS) is 21.0. The Morgan fingerprint density at radius 3 is 2.26 bits per heavy atom. The molecule has 2 amide bonds. The number of allylic oxidation sites excluding steroid dienone is 1. The molecule has 3 aromatic rings. The highest BCUT2D eigenvalue weighted by molar-refractivity contribution is 6.00. The number of alkyl halides is 3. The van der Waals surface area contributed by atoms with Gasteiger partial charge in [-0.1, -0.05) is 17.2 Å². The van der Waals surface area contributed by atoms with Gasteiger partial charge in [0.25, 0.3) is 5.91 Å². The maximum atomic E-state index is 13.9. The van der Waals surface area contributed by atoms with Crippen molar-refractivity contribution in [3.63, 3.8) is 0 Å². The monoisotopic (exact) mass is 598 g/mol. The number of rotatable bonds is 7. The lowest BCUT2D eigenvalue weighted by Crippen LogP contribution is -2.48. The molecule has 2 aromatic carbocycles. The Balaban J connectivity index is 1.45. The first-order valence-corrected chi connectivity index (χ1v) is 13.6. The van der Waals surface area contributed by atoms with Crippen molar-refractivity contribution in [1.82, 2.24) is 15.3 Å². The standard InChI is InChI=1S/C31H30F4N4O4/c1-15(2)25-19-7-8-20(25)27(26(19)29(41)38-18-6-9-23(32)22(12-18)31(33,34)35)39-28(40)21-11-16(5-10-24(21)42-3)17-13-36-30(43-4)37-14-17/h5-6,9-14,19-20,26-27H,7-8H2,1-4H3,(H,38,41)(H,39,40)/t19?,20?,26-,27+/m0/s1. The van der Waals surface area contributed by atoms with E-state index in [-0.39, 0.29) is 29.1 Å². The van der Waals surface area contributed by atoms with Gasteiger partial charge in [0.1, 0.15) is 11.6 Å². The van der Waals surface area contributed by atoms with Crippen LogP contribution in [-0.4, -0.2) is 42.0 Å². The molecule has 2 aliphatic rings. The van der Waals surface area contributed by atoms with Crippen molar-refractivity contribution in [3.05, 3.63) is 76.9 Å². The fourth-order valence-corrected chi connectivity index (χ4v) is 6.38. The highest BCUT2D eigenvalue weighted by Gasteiger charge is 2.55. The minimum Gasteiger partial charge on any atom is -0.496 e. The third kappa shape index (κ3) is 5.78. The van der Waals surface area contributed by atoms with E-state index in [4.69, 9.17) is 9.47 Å². The average Bonchev–Trinajstić information content (AvgIpc) is 3.54. The lowest BCUT2D eigenvalue weighted by molar-refractivity contribution is -0.140. The van der Waals surface area contributed by atoms with E-state index in [1.54, 1.807) is 30.6 Å². The van der Waals surface area contributed by atoms with Crippen molar-refractivity contribution in [2.24, 2.45) is 17.8 Å². The molecule has 2 fully saturated rings. The number of benzene rings is 2. The van der Waals surface area contributed by atoms with Crippen LogP contribution in [0, 0.1) is 23.6 Å². The molecule has 0 aliphatic heterocycles. The number of amides is 2. The topological polar surface area (TPSA) is 102 Å². The molecule has 0 radical (unpaired) electrons. The zero-order valence-electron chi connectivity index (χ0n) is 23.9. The molecule has 8 nitrogen and oxygen atoms in total. The van der Waals surface area contributed by atoms with Crippen molar-refractivity contribution in [2.45, 2.75) is 38.9 Å². The molecule has 4 atom stereocenters. The predicted molar refractivity (Wildman–Crippen MR) is 150 cm³/mol. The van der Waals surface area contributed by atoms with Crippen LogP contribution in [0.4, 0.5) is 23.2 Å². The zero-order valence-corrected chi connectivity index (χ0v) is 23.9. The zero-order chi connectivity index (χ0) is 31.1. The summed E-state index contributed by atoms with van der Waals surface area (Å²) >= 11 is 0. The van der Waals surface area contributed by atoms with Crippen LogP contribution >= 0.6 is 0 Å². The maximum Gasteiger partial charge on any atom is 0.419 e. The third-order valence-corrected chi connectivity index (χ3v) is 8.15. The van der Waals surface area contributed by atoms with Gasteiger partial charge >= 0.3 is 12.2 Å². The molecular formula is C31H30F4N4O4. The molecule has 43 heavy (non-hydrogen) atoms. The number of aromatic nitrogens is 2. The lowest BCUT2D eigenvalue weighted by Gasteiger charge is -2.30. The van der Waals surface area contributed by atoms with Crippen LogP contribution in [0.15, 0.2) is 59.9 Å². The van der Waals surface area contributed by atoms with Gasteiger partial charge in [-0.25, -0.2) is 14.4 Å². The van der Waals surface area contributed by atoms with Gasteiger partial charge in [0.2, 0.25) is 5.91 Å². The summed E-state index contributed by atoms with van der Waals surface area (Å²) < 4.78 is 64.2. The van der Waals surface area contributed by atoms with E-state index in [0.717, 1.165) is 23.6 Å². The smallest absolute Gasteiger partial charge is 0.419 e. The second-order valence-electron chi connectivity index (χ2n) is 10.8. The fourth-order valence-electron chi connectivity index (χ4n) is 6.38. The van der Waals surface area contributed by atoms with Gasteiger partial charge in [0.05, 0.1) is 31.3 Å². The van der Waals surface area contributed by atoms with E-state index >= 15 is 0 Å². The number of carbonyl (C=O) groups is 2. The fraction of sp³-hybridized carbons (Fsp3) is 0.355. The van der Waals surface area contributed by atoms with Gasteiger partial charge in [-0.3, -0.25) is 9.59 Å². The number of ether oxygens (including phenoxy) is 2. The Kier molecular flexibility index (Phi) is 8.13. The summed E-state index contributed by atoms with van der Waals surface area (Å²) in [5.74, 6) is -3.22. The van der Waals surface area contributed by atoms with Gasteiger partial charge in [-0.2, -0.15) is 13.2 Å². The SMILES string of the molecule is COc1ncc(-c2ccc(OC)c(C(=O)N[C@@H]3C4CCC(C4=C(C)C)[C@@H]3C(=O)Nc3ccc(F)c(C(F)(F)F)c3)c2)cn1. The molecule has 2 aliphatic carbocycles. The van der Waals surface area contributed by atoms with E-state index in [9.17, 15) is 27.2 Å². The number of nitrogens with zero attached hydrogens (tertiary/aromatic N) is 2. The van der Waals surface area contributed by atoms with Crippen molar-refractivity contribution in [1.29, 1.82) is 0 Å². The minimum atomic E-state index is -4.92. The van der Waals surface area contributed by atoms with Crippen LogP contribution in [-0.2, 0) is 11.0 Å². The number of methoxy groups -OCH3 is 2. The Bertz CT molecular complexity index is 1590. The summed E-state index contributed by atoms with van der Waals surface area (Å²) in [5.41, 5.74) is 1.96. The lowest BCUT2D eigenvalue weighted by atomic mass is 9.83. The number of hydrogen-bond donors (Lipinski definition) is 2. The molecule has 0 saturated heterocycles. The quantitative estimate of drug-likeness (QED) is 0.254. The summed E-state index contributed by atoms with van der Waals surface area (Å²) in [7, 11) is 2.89. The summed E-state index contributed by atoms with van der Waals surface area (Å²) in [4.78, 5) is 35.7. The first kappa shape index (κ1) is 30.0. The van der Waals surface area contributed by atoms with Crippen LogP contribution in [0.1, 0.15) is 42.6 Å². The van der Waals surface area contributed by atoms with E-state index in [1.807, 2.05) is 13.8 Å². The second kappa shape index (κ2) is 11.7. The van der Waals surface area contributed by atoms with Crippen LogP contribution in [0.3, 0.4) is 0 Å². The Hall–Kier alpha value is -4.48. The summed E-state index contributed by atoms with van der Waals surface area (Å²) in [6.07, 6.45) is -0.356.